The van der Waals surface area contributed by atoms with Crippen molar-refractivity contribution < 1.29 is 4.79 Å². The van der Waals surface area contributed by atoms with Crippen LogP contribution in [0.1, 0.15) is 37.1 Å². The summed E-state index contributed by atoms with van der Waals surface area (Å²) >= 11 is 0. The molecule has 2 aliphatic rings. The number of aromatic amines is 1. The summed E-state index contributed by atoms with van der Waals surface area (Å²) in [5.74, 6) is 2.37. The van der Waals surface area contributed by atoms with Crippen molar-refractivity contribution in [3.05, 3.63) is 41.7 Å². The Morgan fingerprint density at radius 1 is 1.35 bits per heavy atom. The van der Waals surface area contributed by atoms with Gasteiger partial charge in [-0.2, -0.15) is 4.98 Å². The normalized spacial score (nSPS) is 28.9. The Morgan fingerprint density at radius 2 is 2.17 bits per heavy atom. The Morgan fingerprint density at radius 3 is 2.78 bits per heavy atom. The number of aryl methyl sites for hydroxylation is 1. The van der Waals surface area contributed by atoms with E-state index in [1.165, 1.54) is 18.4 Å². The monoisotopic (exact) mass is 310 g/mol. The van der Waals surface area contributed by atoms with Crippen molar-refractivity contribution in [3.63, 3.8) is 0 Å². The highest BCUT2D eigenvalue weighted by Crippen LogP contribution is 2.57. The van der Waals surface area contributed by atoms with Gasteiger partial charge in [-0.05, 0) is 50.0 Å². The highest BCUT2D eigenvalue weighted by Gasteiger charge is 2.55. The van der Waals surface area contributed by atoms with E-state index in [0.717, 1.165) is 19.3 Å². The maximum atomic E-state index is 13.1. The second-order valence-electron chi connectivity index (χ2n) is 7.10. The van der Waals surface area contributed by atoms with Crippen molar-refractivity contribution in [2.24, 2.45) is 17.3 Å². The number of hydrogen-bond donors (Lipinski definition) is 2. The zero-order valence-corrected chi connectivity index (χ0v) is 13.4. The molecule has 2 saturated carbocycles. The van der Waals surface area contributed by atoms with E-state index in [2.05, 4.69) is 32.6 Å². The fourth-order valence-electron chi connectivity index (χ4n) is 4.60. The third-order valence-corrected chi connectivity index (χ3v) is 5.61. The van der Waals surface area contributed by atoms with Crippen LogP contribution < -0.4 is 5.32 Å². The van der Waals surface area contributed by atoms with E-state index < -0.39 is 0 Å². The van der Waals surface area contributed by atoms with E-state index in [4.69, 9.17) is 0 Å². The van der Waals surface area contributed by atoms with Gasteiger partial charge in [-0.25, -0.2) is 0 Å². The molecular formula is C18H22N4O. The molecule has 0 saturated heterocycles. The number of nitrogens with one attached hydrogen (secondary N) is 2. The Balaban J connectivity index is 1.62. The molecular weight excluding hydrogens is 288 g/mol. The van der Waals surface area contributed by atoms with Crippen LogP contribution in [0.4, 0.5) is 5.95 Å². The second kappa shape index (κ2) is 5.48. The number of carbonyl (C=O) groups excluding carboxylic acids is 1. The van der Waals surface area contributed by atoms with Crippen LogP contribution in [-0.4, -0.2) is 21.1 Å². The fourth-order valence-corrected chi connectivity index (χ4v) is 4.60. The molecule has 1 amide bonds. The molecule has 1 aromatic carbocycles. The Bertz CT molecular complexity index is 711. The second-order valence-corrected chi connectivity index (χ2v) is 7.10. The van der Waals surface area contributed by atoms with Crippen molar-refractivity contribution in [1.82, 2.24) is 15.2 Å². The van der Waals surface area contributed by atoms with Crippen molar-refractivity contribution in [2.75, 3.05) is 5.32 Å². The molecule has 2 aromatic rings. The van der Waals surface area contributed by atoms with Gasteiger partial charge < -0.3 is 0 Å². The summed E-state index contributed by atoms with van der Waals surface area (Å²) in [5, 5.41) is 9.80. The van der Waals surface area contributed by atoms with Crippen LogP contribution in [0.15, 0.2) is 30.3 Å². The molecule has 23 heavy (non-hydrogen) atoms. The molecule has 0 radical (unpaired) electrons. The smallest absolute Gasteiger partial charge is 0.248 e. The summed E-state index contributed by atoms with van der Waals surface area (Å²) in [7, 11) is 0. The molecule has 2 bridgehead atoms. The van der Waals surface area contributed by atoms with Gasteiger partial charge in [0, 0.05) is 0 Å². The van der Waals surface area contributed by atoms with Crippen LogP contribution in [0.2, 0.25) is 0 Å². The first-order valence-corrected chi connectivity index (χ1v) is 8.40. The molecule has 2 fully saturated rings. The zero-order valence-electron chi connectivity index (χ0n) is 13.4. The fraction of sp³-hybridized carbons (Fsp3) is 0.500. The molecule has 5 nitrogen and oxygen atoms in total. The van der Waals surface area contributed by atoms with Gasteiger partial charge in [-0.1, -0.05) is 36.8 Å². The van der Waals surface area contributed by atoms with E-state index in [0.29, 0.717) is 23.6 Å². The lowest BCUT2D eigenvalue weighted by molar-refractivity contribution is -0.128. The molecule has 1 heterocycles. The predicted molar refractivity (Wildman–Crippen MR) is 87.8 cm³/mol. The van der Waals surface area contributed by atoms with E-state index in [-0.39, 0.29) is 11.3 Å². The number of aromatic nitrogens is 3. The molecule has 120 valence electrons. The molecule has 4 rings (SSSR count). The van der Waals surface area contributed by atoms with Gasteiger partial charge in [-0.15, -0.1) is 5.10 Å². The van der Waals surface area contributed by atoms with Crippen molar-refractivity contribution in [1.29, 1.82) is 0 Å². The van der Waals surface area contributed by atoms with Crippen molar-refractivity contribution in [3.8, 4) is 0 Å². The average molecular weight is 310 g/mol. The molecule has 3 atom stereocenters. The summed E-state index contributed by atoms with van der Waals surface area (Å²) in [6.45, 7) is 1.83. The minimum absolute atomic E-state index is 0.0903. The van der Waals surface area contributed by atoms with Gasteiger partial charge in [0.1, 0.15) is 5.82 Å². The van der Waals surface area contributed by atoms with E-state index >= 15 is 0 Å². The first-order valence-electron chi connectivity index (χ1n) is 8.40. The van der Waals surface area contributed by atoms with Gasteiger partial charge in [-0.3, -0.25) is 15.2 Å². The van der Waals surface area contributed by atoms with Crippen LogP contribution in [-0.2, 0) is 11.2 Å². The minimum atomic E-state index is -0.307. The van der Waals surface area contributed by atoms with E-state index in [9.17, 15) is 4.79 Å². The van der Waals surface area contributed by atoms with E-state index in [1.807, 2.05) is 25.1 Å². The number of hydrogen-bond acceptors (Lipinski definition) is 3. The molecule has 2 N–H and O–H groups in total. The van der Waals surface area contributed by atoms with Gasteiger partial charge in [0.05, 0.1) is 5.41 Å². The van der Waals surface area contributed by atoms with E-state index in [1.54, 1.807) is 0 Å². The third kappa shape index (κ3) is 2.54. The number of fused-ring (bicyclic) bond motifs is 2. The first kappa shape index (κ1) is 14.4. The summed E-state index contributed by atoms with van der Waals surface area (Å²) in [6, 6.07) is 10.4. The average Bonchev–Trinajstić information content (AvgIpc) is 3.25. The number of rotatable bonds is 4. The molecule has 0 spiro atoms. The standard InChI is InChI=1S/C18H22N4O/c1-12-19-17(22-21-12)20-16(23)18(10-13-5-3-2-4-6-13)11-14-7-8-15(18)9-14/h2-6,14-15H,7-11H2,1H3,(H2,19,20,21,22,23). The van der Waals surface area contributed by atoms with Crippen LogP contribution in [0.25, 0.3) is 0 Å². The highest BCUT2D eigenvalue weighted by atomic mass is 16.2. The largest absolute Gasteiger partial charge is 0.293 e. The lowest BCUT2D eigenvalue weighted by Gasteiger charge is -2.36. The maximum absolute atomic E-state index is 13.1. The number of carbonyl (C=O) groups is 1. The SMILES string of the molecule is Cc1nc(NC(=O)C2(Cc3ccccc3)CC3CCC2C3)n[nH]1. The number of H-pyrrole nitrogens is 1. The summed E-state index contributed by atoms with van der Waals surface area (Å²) in [4.78, 5) is 17.4. The lowest BCUT2D eigenvalue weighted by Crippen LogP contribution is -2.42. The number of benzene rings is 1. The molecule has 1 aromatic heterocycles. The number of nitrogens with zero attached hydrogens (tertiary/aromatic N) is 2. The Labute approximate surface area is 135 Å². The quantitative estimate of drug-likeness (QED) is 0.911. The molecule has 0 aliphatic heterocycles. The first-order chi connectivity index (χ1) is 11.2. The van der Waals surface area contributed by atoms with Gasteiger partial charge >= 0.3 is 0 Å². The molecule has 5 heteroatoms. The Hall–Kier alpha value is -2.17. The van der Waals surface area contributed by atoms with Gasteiger partial charge in [0.2, 0.25) is 11.9 Å². The molecule has 2 aliphatic carbocycles. The van der Waals surface area contributed by atoms with Crippen LogP contribution >= 0.6 is 0 Å². The van der Waals surface area contributed by atoms with Gasteiger partial charge in [0.25, 0.3) is 0 Å². The summed E-state index contributed by atoms with van der Waals surface area (Å²) < 4.78 is 0. The minimum Gasteiger partial charge on any atom is -0.293 e. The molecule has 3 unspecified atom stereocenters. The number of amides is 1. The maximum Gasteiger partial charge on any atom is 0.248 e. The topological polar surface area (TPSA) is 70.7 Å². The van der Waals surface area contributed by atoms with Crippen LogP contribution in [0.5, 0.6) is 0 Å². The lowest BCUT2D eigenvalue weighted by atomic mass is 9.68. The highest BCUT2D eigenvalue weighted by molar-refractivity contribution is 5.94. The zero-order chi connectivity index (χ0) is 15.9. The predicted octanol–water partition coefficient (Wildman–Crippen LogP) is 3.10. The van der Waals surface area contributed by atoms with Crippen LogP contribution in [0.3, 0.4) is 0 Å². The summed E-state index contributed by atoms with van der Waals surface area (Å²) in [5.41, 5.74) is 0.931. The Kier molecular flexibility index (Phi) is 3.43. The third-order valence-electron chi connectivity index (χ3n) is 5.61. The summed E-state index contributed by atoms with van der Waals surface area (Å²) in [6.07, 6.45) is 5.42. The van der Waals surface area contributed by atoms with Crippen molar-refractivity contribution >= 4 is 11.9 Å². The van der Waals surface area contributed by atoms with Crippen molar-refractivity contribution in [2.45, 2.75) is 39.0 Å². The number of anilines is 1. The van der Waals surface area contributed by atoms with Crippen LogP contribution in [0, 0.1) is 24.2 Å². The van der Waals surface area contributed by atoms with Gasteiger partial charge in [0.15, 0.2) is 0 Å².